The number of nitrogens with zero attached hydrogens (tertiary/aromatic N) is 2. The quantitative estimate of drug-likeness (QED) is 0.488. The Hall–Kier alpha value is -1.80. The second-order valence-corrected chi connectivity index (χ2v) is 9.75. The highest BCUT2D eigenvalue weighted by molar-refractivity contribution is 8.01. The Bertz CT molecular complexity index is 752. The second kappa shape index (κ2) is 8.93. The van der Waals surface area contributed by atoms with Crippen molar-refractivity contribution < 1.29 is 9.53 Å². The first-order valence-corrected chi connectivity index (χ1v) is 10.9. The summed E-state index contributed by atoms with van der Waals surface area (Å²) in [6, 6.07) is 8.67. The van der Waals surface area contributed by atoms with E-state index < -0.39 is 0 Å². The van der Waals surface area contributed by atoms with E-state index in [1.165, 1.54) is 41.5 Å². The molecule has 0 spiro atoms. The first-order valence-electron chi connectivity index (χ1n) is 9.13. The monoisotopic (exact) mass is 406 g/mol. The highest BCUT2D eigenvalue weighted by atomic mass is 32.2. The number of rotatable bonds is 9. The minimum absolute atomic E-state index is 0.0291. The van der Waals surface area contributed by atoms with Gasteiger partial charge in [0.05, 0.1) is 12.3 Å². The van der Waals surface area contributed by atoms with Crippen molar-refractivity contribution in [1.29, 1.82) is 0 Å². The fraction of sp³-hybridized carbons (Fsp3) is 0.526. The topological polar surface area (TPSA) is 76.1 Å². The number of carbonyl (C=O) groups excluding carboxylic acids is 1. The number of benzene rings is 1. The van der Waals surface area contributed by atoms with Gasteiger partial charge in [0.15, 0.2) is 4.34 Å². The summed E-state index contributed by atoms with van der Waals surface area (Å²) in [6.45, 7) is 7.47. The highest BCUT2D eigenvalue weighted by Crippen LogP contribution is 2.30. The summed E-state index contributed by atoms with van der Waals surface area (Å²) in [5.74, 6) is 1.12. The van der Waals surface area contributed by atoms with E-state index in [-0.39, 0.29) is 11.3 Å². The highest BCUT2D eigenvalue weighted by Gasteiger charge is 2.22. The summed E-state index contributed by atoms with van der Waals surface area (Å²) in [7, 11) is 0. The van der Waals surface area contributed by atoms with Gasteiger partial charge in [-0.05, 0) is 36.0 Å². The zero-order chi connectivity index (χ0) is 19.3. The molecule has 146 valence electrons. The van der Waals surface area contributed by atoms with Crippen molar-refractivity contribution in [3.8, 4) is 5.75 Å². The lowest BCUT2D eigenvalue weighted by atomic mass is 9.87. The van der Waals surface area contributed by atoms with Crippen LogP contribution in [0.4, 0.5) is 5.13 Å². The molecule has 2 N–H and O–H groups in total. The summed E-state index contributed by atoms with van der Waals surface area (Å²) in [6.07, 6.45) is 2.40. The van der Waals surface area contributed by atoms with E-state index in [1.54, 1.807) is 0 Å². The molecule has 1 aliphatic carbocycles. The van der Waals surface area contributed by atoms with Crippen LogP contribution in [0.1, 0.15) is 39.2 Å². The minimum atomic E-state index is -0.0291. The SMILES string of the molecule is CC(C)(C)c1ccc(OCCNC(=O)CSc2nnc(NC3CC3)s2)cc1. The third-order valence-electron chi connectivity index (χ3n) is 4.05. The molecule has 1 aromatic heterocycles. The molecule has 0 aliphatic heterocycles. The fourth-order valence-electron chi connectivity index (χ4n) is 2.32. The predicted molar refractivity (Wildman–Crippen MR) is 111 cm³/mol. The van der Waals surface area contributed by atoms with Crippen molar-refractivity contribution in [3.05, 3.63) is 29.8 Å². The minimum Gasteiger partial charge on any atom is -0.492 e. The van der Waals surface area contributed by atoms with Gasteiger partial charge in [-0.2, -0.15) is 0 Å². The largest absolute Gasteiger partial charge is 0.492 e. The van der Waals surface area contributed by atoms with Crippen LogP contribution in [-0.4, -0.2) is 41.1 Å². The number of nitrogens with one attached hydrogen (secondary N) is 2. The number of hydrogen-bond acceptors (Lipinski definition) is 7. The molecule has 1 aromatic carbocycles. The number of carbonyl (C=O) groups is 1. The third-order valence-corrected chi connectivity index (χ3v) is 6.04. The van der Waals surface area contributed by atoms with E-state index in [4.69, 9.17) is 4.74 Å². The van der Waals surface area contributed by atoms with Gasteiger partial charge in [-0.1, -0.05) is 56.0 Å². The van der Waals surface area contributed by atoms with Crippen LogP contribution in [0.2, 0.25) is 0 Å². The maximum absolute atomic E-state index is 11.9. The number of hydrogen-bond donors (Lipinski definition) is 2. The summed E-state index contributed by atoms with van der Waals surface area (Å²) in [5, 5.41) is 15.2. The summed E-state index contributed by atoms with van der Waals surface area (Å²) in [5.41, 5.74) is 1.40. The fourth-order valence-corrected chi connectivity index (χ4v) is 3.98. The van der Waals surface area contributed by atoms with Crippen LogP contribution in [0.5, 0.6) is 5.75 Å². The van der Waals surface area contributed by atoms with Crippen LogP contribution in [0.3, 0.4) is 0 Å². The molecule has 0 radical (unpaired) electrons. The molecular formula is C19H26N4O2S2. The van der Waals surface area contributed by atoms with Gasteiger partial charge in [0.25, 0.3) is 0 Å². The van der Waals surface area contributed by atoms with Gasteiger partial charge >= 0.3 is 0 Å². The van der Waals surface area contributed by atoms with Crippen LogP contribution >= 0.6 is 23.1 Å². The van der Waals surface area contributed by atoms with Gasteiger partial charge < -0.3 is 15.4 Å². The molecule has 0 saturated heterocycles. The van der Waals surface area contributed by atoms with Crippen LogP contribution in [0.25, 0.3) is 0 Å². The van der Waals surface area contributed by atoms with E-state index in [2.05, 4.69) is 53.7 Å². The average molecular weight is 407 g/mol. The smallest absolute Gasteiger partial charge is 0.230 e. The lowest BCUT2D eigenvalue weighted by Gasteiger charge is -2.19. The van der Waals surface area contributed by atoms with Gasteiger partial charge in [0, 0.05) is 6.04 Å². The van der Waals surface area contributed by atoms with Crippen LogP contribution in [0.15, 0.2) is 28.6 Å². The first-order chi connectivity index (χ1) is 12.9. The number of thioether (sulfide) groups is 1. The normalized spacial score (nSPS) is 14.0. The molecule has 3 rings (SSSR count). The van der Waals surface area contributed by atoms with Crippen molar-refractivity contribution in [2.45, 2.75) is 49.4 Å². The van der Waals surface area contributed by atoms with Gasteiger partial charge in [-0.25, -0.2) is 0 Å². The number of anilines is 1. The van der Waals surface area contributed by atoms with E-state index >= 15 is 0 Å². The van der Waals surface area contributed by atoms with Crippen molar-refractivity contribution in [1.82, 2.24) is 15.5 Å². The molecule has 1 fully saturated rings. The average Bonchev–Trinajstić information content (AvgIpc) is 3.33. The summed E-state index contributed by atoms with van der Waals surface area (Å²) >= 11 is 2.90. The van der Waals surface area contributed by atoms with Crippen molar-refractivity contribution in [2.24, 2.45) is 0 Å². The molecule has 1 amide bonds. The van der Waals surface area contributed by atoms with Gasteiger partial charge in [-0.3, -0.25) is 4.79 Å². The molecule has 0 atom stereocenters. The second-order valence-electron chi connectivity index (χ2n) is 7.55. The summed E-state index contributed by atoms with van der Waals surface area (Å²) < 4.78 is 6.49. The van der Waals surface area contributed by atoms with Crippen molar-refractivity contribution in [2.75, 3.05) is 24.2 Å². The number of aromatic nitrogens is 2. The number of amides is 1. The van der Waals surface area contributed by atoms with Crippen LogP contribution in [0, 0.1) is 0 Å². The zero-order valence-corrected chi connectivity index (χ0v) is 17.6. The molecule has 6 nitrogen and oxygen atoms in total. The van der Waals surface area contributed by atoms with Crippen LogP contribution < -0.4 is 15.4 Å². The van der Waals surface area contributed by atoms with E-state index in [0.29, 0.717) is 24.9 Å². The molecule has 1 saturated carbocycles. The third kappa shape index (κ3) is 6.70. The Morgan fingerprint density at radius 1 is 1.26 bits per heavy atom. The molecule has 2 aromatic rings. The lowest BCUT2D eigenvalue weighted by molar-refractivity contribution is -0.118. The van der Waals surface area contributed by atoms with E-state index in [1.807, 2.05) is 12.1 Å². The number of ether oxygens (including phenoxy) is 1. The molecule has 0 unspecified atom stereocenters. The van der Waals surface area contributed by atoms with Gasteiger partial charge in [-0.15, -0.1) is 10.2 Å². The molecule has 27 heavy (non-hydrogen) atoms. The Morgan fingerprint density at radius 2 is 2.00 bits per heavy atom. The molecule has 0 bridgehead atoms. The molecule has 8 heteroatoms. The Balaban J connectivity index is 1.30. The van der Waals surface area contributed by atoms with E-state index in [0.717, 1.165) is 15.2 Å². The van der Waals surface area contributed by atoms with E-state index in [9.17, 15) is 4.79 Å². The van der Waals surface area contributed by atoms with Gasteiger partial charge in [0.2, 0.25) is 11.0 Å². The first kappa shape index (κ1) is 19.9. The molecule has 1 heterocycles. The Kier molecular flexibility index (Phi) is 6.59. The molecule has 1 aliphatic rings. The Labute approximate surface area is 168 Å². The maximum atomic E-state index is 11.9. The van der Waals surface area contributed by atoms with Crippen LogP contribution in [-0.2, 0) is 10.2 Å². The maximum Gasteiger partial charge on any atom is 0.230 e. The Morgan fingerprint density at radius 3 is 2.67 bits per heavy atom. The summed E-state index contributed by atoms with van der Waals surface area (Å²) in [4.78, 5) is 11.9. The predicted octanol–water partition coefficient (Wildman–Crippen LogP) is 3.70. The zero-order valence-electron chi connectivity index (χ0n) is 15.9. The lowest BCUT2D eigenvalue weighted by Crippen LogP contribution is -2.29. The molecular weight excluding hydrogens is 380 g/mol. The van der Waals surface area contributed by atoms with Crippen molar-refractivity contribution >= 4 is 34.1 Å². The van der Waals surface area contributed by atoms with Gasteiger partial charge in [0.1, 0.15) is 12.4 Å². The standard InChI is InChI=1S/C19H26N4O2S2/c1-19(2,3)13-4-8-15(9-5-13)25-11-10-20-16(24)12-26-18-23-22-17(27-18)21-14-6-7-14/h4-5,8-9,14H,6-7,10-12H2,1-3H3,(H,20,24)(H,21,22). The van der Waals surface area contributed by atoms with Crippen molar-refractivity contribution in [3.63, 3.8) is 0 Å².